The predicted octanol–water partition coefficient (Wildman–Crippen LogP) is 5.10. The topological polar surface area (TPSA) is 49.4 Å². The second-order valence-corrected chi connectivity index (χ2v) is 7.82. The van der Waals surface area contributed by atoms with Gasteiger partial charge < -0.3 is 10.2 Å². The van der Waals surface area contributed by atoms with Gasteiger partial charge in [0.05, 0.1) is 10.6 Å². The Kier molecular flexibility index (Phi) is 6.08. The van der Waals surface area contributed by atoms with Crippen molar-refractivity contribution in [2.75, 3.05) is 18.4 Å². The molecule has 1 fully saturated rings. The second kappa shape index (κ2) is 8.32. The van der Waals surface area contributed by atoms with E-state index in [1.165, 1.54) is 5.56 Å². The van der Waals surface area contributed by atoms with Crippen LogP contribution in [-0.4, -0.2) is 29.8 Å². The maximum Gasteiger partial charge on any atom is 0.255 e. The molecule has 142 valence electrons. The lowest BCUT2D eigenvalue weighted by atomic mass is 9.95. The molecule has 0 unspecified atom stereocenters. The minimum Gasteiger partial charge on any atom is -0.339 e. The lowest BCUT2D eigenvalue weighted by Crippen LogP contribution is -2.41. The minimum absolute atomic E-state index is 0.00915. The van der Waals surface area contributed by atoms with Gasteiger partial charge in [-0.25, -0.2) is 0 Å². The van der Waals surface area contributed by atoms with Crippen molar-refractivity contribution >= 4 is 40.7 Å². The molecular weight excluding hydrogens is 383 g/mol. The third-order valence-corrected chi connectivity index (χ3v) is 5.64. The van der Waals surface area contributed by atoms with Crippen molar-refractivity contribution in [3.05, 3.63) is 63.1 Å². The van der Waals surface area contributed by atoms with Crippen LogP contribution < -0.4 is 5.32 Å². The molecule has 1 saturated heterocycles. The van der Waals surface area contributed by atoms with Crippen LogP contribution in [0.3, 0.4) is 0 Å². The van der Waals surface area contributed by atoms with E-state index in [0.29, 0.717) is 41.5 Å². The van der Waals surface area contributed by atoms with Crippen LogP contribution in [0.15, 0.2) is 36.4 Å². The third kappa shape index (κ3) is 4.63. The maximum absolute atomic E-state index is 12.7. The van der Waals surface area contributed by atoms with E-state index in [1.54, 1.807) is 23.1 Å². The molecule has 4 nitrogen and oxygen atoms in total. The van der Waals surface area contributed by atoms with E-state index < -0.39 is 0 Å². The van der Waals surface area contributed by atoms with Crippen molar-refractivity contribution in [1.29, 1.82) is 0 Å². The zero-order valence-corrected chi connectivity index (χ0v) is 16.9. The summed E-state index contributed by atoms with van der Waals surface area (Å²) < 4.78 is 0. The molecule has 0 aliphatic carbocycles. The van der Waals surface area contributed by atoms with Gasteiger partial charge in [-0.15, -0.1) is 0 Å². The summed E-state index contributed by atoms with van der Waals surface area (Å²) in [6, 6.07) is 10.8. The first kappa shape index (κ1) is 19.7. The van der Waals surface area contributed by atoms with Crippen LogP contribution in [0.5, 0.6) is 0 Å². The number of likely N-dealkylation sites (tertiary alicyclic amines) is 1. The van der Waals surface area contributed by atoms with Crippen molar-refractivity contribution in [3.63, 3.8) is 0 Å². The number of nitrogens with one attached hydrogen (secondary N) is 1. The highest BCUT2D eigenvalue weighted by Crippen LogP contribution is 2.26. The van der Waals surface area contributed by atoms with Crippen molar-refractivity contribution in [2.24, 2.45) is 5.92 Å². The molecule has 6 heteroatoms. The first-order valence-corrected chi connectivity index (χ1v) is 9.73. The largest absolute Gasteiger partial charge is 0.339 e. The number of hydrogen-bond acceptors (Lipinski definition) is 2. The van der Waals surface area contributed by atoms with Crippen molar-refractivity contribution in [2.45, 2.75) is 26.7 Å². The van der Waals surface area contributed by atoms with Gasteiger partial charge in [-0.1, -0.05) is 29.3 Å². The zero-order chi connectivity index (χ0) is 19.6. The molecule has 1 N–H and O–H groups in total. The summed E-state index contributed by atoms with van der Waals surface area (Å²) in [6.45, 7) is 5.13. The molecule has 0 radical (unpaired) electrons. The van der Waals surface area contributed by atoms with Crippen molar-refractivity contribution in [3.8, 4) is 0 Å². The Morgan fingerprint density at radius 1 is 1.00 bits per heavy atom. The molecule has 1 aliphatic rings. The van der Waals surface area contributed by atoms with Crippen LogP contribution in [-0.2, 0) is 4.79 Å². The number of amides is 2. The first-order chi connectivity index (χ1) is 12.8. The predicted molar refractivity (Wildman–Crippen MR) is 110 cm³/mol. The molecule has 0 aromatic heterocycles. The van der Waals surface area contributed by atoms with E-state index >= 15 is 0 Å². The maximum atomic E-state index is 12.7. The van der Waals surface area contributed by atoms with Gasteiger partial charge in [0.1, 0.15) is 0 Å². The summed E-state index contributed by atoms with van der Waals surface area (Å²) in [6.07, 6.45) is 1.27. The van der Waals surface area contributed by atoms with Crippen molar-refractivity contribution in [1.82, 2.24) is 4.90 Å². The zero-order valence-electron chi connectivity index (χ0n) is 15.4. The highest BCUT2D eigenvalue weighted by Gasteiger charge is 2.28. The average molecular weight is 405 g/mol. The highest BCUT2D eigenvalue weighted by molar-refractivity contribution is 6.36. The van der Waals surface area contributed by atoms with E-state index in [9.17, 15) is 9.59 Å². The molecule has 0 atom stereocenters. The number of anilines is 1. The molecule has 0 bridgehead atoms. The SMILES string of the molecule is Cc1ccc(NC(=O)C2CCN(C(=O)c3ccc(Cl)cc3Cl)CC2)cc1C. The molecule has 2 amide bonds. The number of carbonyl (C=O) groups is 2. The van der Waals surface area contributed by atoms with Gasteiger partial charge in [-0.3, -0.25) is 9.59 Å². The van der Waals surface area contributed by atoms with Gasteiger partial charge in [0, 0.05) is 29.7 Å². The second-order valence-electron chi connectivity index (χ2n) is 6.98. The van der Waals surface area contributed by atoms with Gasteiger partial charge in [0.25, 0.3) is 5.91 Å². The van der Waals surface area contributed by atoms with Gasteiger partial charge in [0.15, 0.2) is 0 Å². The molecular formula is C21H22Cl2N2O2. The summed E-state index contributed by atoms with van der Waals surface area (Å²) in [4.78, 5) is 27.0. The number of benzene rings is 2. The van der Waals surface area contributed by atoms with Crippen LogP contribution >= 0.6 is 23.2 Å². The fourth-order valence-corrected chi connectivity index (χ4v) is 3.73. The van der Waals surface area contributed by atoms with E-state index in [-0.39, 0.29) is 17.7 Å². The summed E-state index contributed by atoms with van der Waals surface area (Å²) in [5.41, 5.74) is 3.60. The standard InChI is InChI=1S/C21H22Cl2N2O2/c1-13-3-5-17(11-14(13)2)24-20(26)15-7-9-25(10-8-15)21(27)18-6-4-16(22)12-19(18)23/h3-6,11-12,15H,7-10H2,1-2H3,(H,24,26). The van der Waals surface area contributed by atoms with Gasteiger partial charge in [-0.2, -0.15) is 0 Å². The first-order valence-electron chi connectivity index (χ1n) is 8.97. The van der Waals surface area contributed by atoms with E-state index in [4.69, 9.17) is 23.2 Å². The molecule has 1 aliphatic heterocycles. The third-order valence-electron chi connectivity index (χ3n) is 5.09. The summed E-state index contributed by atoms with van der Waals surface area (Å²) in [5.74, 6) is -0.212. The minimum atomic E-state index is -0.121. The lowest BCUT2D eigenvalue weighted by molar-refractivity contribution is -0.121. The molecule has 2 aromatic carbocycles. The van der Waals surface area contributed by atoms with Crippen LogP contribution in [0.1, 0.15) is 34.3 Å². The molecule has 1 heterocycles. The van der Waals surface area contributed by atoms with Gasteiger partial charge >= 0.3 is 0 Å². The van der Waals surface area contributed by atoms with Crippen LogP contribution in [0, 0.1) is 19.8 Å². The lowest BCUT2D eigenvalue weighted by Gasteiger charge is -2.31. The normalized spacial score (nSPS) is 14.9. The Morgan fingerprint density at radius 3 is 2.33 bits per heavy atom. The Hall–Kier alpha value is -2.04. The van der Waals surface area contributed by atoms with Crippen molar-refractivity contribution < 1.29 is 9.59 Å². The monoisotopic (exact) mass is 404 g/mol. The number of halogens is 2. The summed E-state index contributed by atoms with van der Waals surface area (Å²) >= 11 is 12.0. The number of hydrogen-bond donors (Lipinski definition) is 1. The van der Waals surface area contributed by atoms with Crippen LogP contribution in [0.2, 0.25) is 10.0 Å². The number of carbonyl (C=O) groups excluding carboxylic acids is 2. The Balaban J connectivity index is 1.58. The van der Waals surface area contributed by atoms with Gasteiger partial charge in [0.2, 0.25) is 5.91 Å². The quantitative estimate of drug-likeness (QED) is 0.772. The van der Waals surface area contributed by atoms with E-state index in [1.807, 2.05) is 32.0 Å². The summed E-state index contributed by atoms with van der Waals surface area (Å²) in [5, 5.41) is 3.84. The number of piperidine rings is 1. The molecule has 2 aromatic rings. The molecule has 3 rings (SSSR count). The molecule has 0 spiro atoms. The van der Waals surface area contributed by atoms with Crippen LogP contribution in [0.4, 0.5) is 5.69 Å². The van der Waals surface area contributed by atoms with E-state index in [0.717, 1.165) is 11.3 Å². The van der Waals surface area contributed by atoms with Gasteiger partial charge in [-0.05, 0) is 68.1 Å². The Morgan fingerprint density at radius 2 is 1.70 bits per heavy atom. The Labute approximate surface area is 169 Å². The Bertz CT molecular complexity index is 874. The fourth-order valence-electron chi connectivity index (χ4n) is 3.24. The highest BCUT2D eigenvalue weighted by atomic mass is 35.5. The van der Waals surface area contributed by atoms with Crippen LogP contribution in [0.25, 0.3) is 0 Å². The molecule has 0 saturated carbocycles. The average Bonchev–Trinajstić information content (AvgIpc) is 2.64. The number of nitrogens with zero attached hydrogens (tertiary/aromatic N) is 1. The summed E-state index contributed by atoms with van der Waals surface area (Å²) in [7, 11) is 0. The molecule has 27 heavy (non-hydrogen) atoms. The number of rotatable bonds is 3. The number of aryl methyl sites for hydroxylation is 2. The fraction of sp³-hybridized carbons (Fsp3) is 0.333. The van der Waals surface area contributed by atoms with E-state index in [2.05, 4.69) is 5.32 Å². The smallest absolute Gasteiger partial charge is 0.255 e.